The van der Waals surface area contributed by atoms with E-state index >= 15 is 0 Å². The first-order valence-corrected chi connectivity index (χ1v) is 7.20. The molecule has 1 amide bonds. The van der Waals surface area contributed by atoms with Crippen molar-refractivity contribution in [1.29, 1.82) is 0 Å². The molecule has 0 spiro atoms. The van der Waals surface area contributed by atoms with E-state index in [4.69, 9.17) is 5.73 Å². The van der Waals surface area contributed by atoms with E-state index in [1.165, 1.54) is 11.1 Å². The van der Waals surface area contributed by atoms with Gasteiger partial charge in [-0.2, -0.15) is 0 Å². The fourth-order valence-electron chi connectivity index (χ4n) is 2.12. The van der Waals surface area contributed by atoms with Crippen molar-refractivity contribution < 1.29 is 4.79 Å². The van der Waals surface area contributed by atoms with Gasteiger partial charge in [-0.15, -0.1) is 12.4 Å². The first-order chi connectivity index (χ1) is 9.15. The molecule has 3 nitrogen and oxygen atoms in total. The average molecular weight is 299 g/mol. The molecule has 0 heterocycles. The summed E-state index contributed by atoms with van der Waals surface area (Å²) in [5.74, 6) is 0.105. The smallest absolute Gasteiger partial charge is 0.220 e. The number of halogens is 1. The van der Waals surface area contributed by atoms with Gasteiger partial charge >= 0.3 is 0 Å². The molecule has 0 aliphatic carbocycles. The molecule has 114 valence electrons. The van der Waals surface area contributed by atoms with Gasteiger partial charge in [0.15, 0.2) is 0 Å². The van der Waals surface area contributed by atoms with Gasteiger partial charge < -0.3 is 11.1 Å². The summed E-state index contributed by atoms with van der Waals surface area (Å²) in [4.78, 5) is 11.9. The Morgan fingerprint density at radius 2 is 2.15 bits per heavy atom. The summed E-state index contributed by atoms with van der Waals surface area (Å²) in [6.45, 7) is 4.74. The van der Waals surface area contributed by atoms with Crippen LogP contribution in [0.4, 0.5) is 0 Å². The Morgan fingerprint density at radius 3 is 2.75 bits per heavy atom. The molecular weight excluding hydrogens is 272 g/mol. The van der Waals surface area contributed by atoms with Gasteiger partial charge in [0.2, 0.25) is 5.91 Å². The molecule has 0 bridgehead atoms. The molecule has 1 aromatic carbocycles. The van der Waals surface area contributed by atoms with E-state index in [0.29, 0.717) is 13.0 Å². The average Bonchev–Trinajstić information content (AvgIpc) is 2.41. The van der Waals surface area contributed by atoms with Crippen LogP contribution in [-0.4, -0.2) is 18.5 Å². The van der Waals surface area contributed by atoms with Crippen molar-refractivity contribution in [2.45, 2.75) is 52.0 Å². The van der Waals surface area contributed by atoms with Crippen molar-refractivity contribution in [1.82, 2.24) is 5.32 Å². The second kappa shape index (κ2) is 10.7. The lowest BCUT2D eigenvalue weighted by Crippen LogP contribution is -2.40. The Labute approximate surface area is 128 Å². The highest BCUT2D eigenvalue weighted by atomic mass is 35.5. The number of nitrogens with two attached hydrogens (primary N) is 1. The largest absolute Gasteiger partial charge is 0.352 e. The van der Waals surface area contributed by atoms with Crippen LogP contribution in [0.25, 0.3) is 0 Å². The summed E-state index contributed by atoms with van der Waals surface area (Å²) in [6.07, 6.45) is 4.55. The molecule has 20 heavy (non-hydrogen) atoms. The van der Waals surface area contributed by atoms with E-state index in [1.54, 1.807) is 0 Å². The van der Waals surface area contributed by atoms with Gasteiger partial charge in [-0.05, 0) is 25.3 Å². The third kappa shape index (κ3) is 7.51. The molecule has 1 atom stereocenters. The maximum atomic E-state index is 11.9. The molecule has 0 radical (unpaired) electrons. The lowest BCUT2D eigenvalue weighted by Gasteiger charge is -2.16. The molecule has 1 rings (SSSR count). The second-order valence-corrected chi connectivity index (χ2v) is 5.13. The zero-order valence-corrected chi connectivity index (χ0v) is 13.3. The van der Waals surface area contributed by atoms with Gasteiger partial charge in [-0.1, -0.05) is 49.6 Å². The highest BCUT2D eigenvalue weighted by Crippen LogP contribution is 2.07. The lowest BCUT2D eigenvalue weighted by molar-refractivity contribution is -0.121. The van der Waals surface area contributed by atoms with Crippen molar-refractivity contribution >= 4 is 18.3 Å². The number of hydrogen-bond acceptors (Lipinski definition) is 2. The second-order valence-electron chi connectivity index (χ2n) is 5.13. The third-order valence-electron chi connectivity index (χ3n) is 3.28. The fraction of sp³-hybridized carbons (Fsp3) is 0.562. The van der Waals surface area contributed by atoms with Gasteiger partial charge in [0.1, 0.15) is 0 Å². The van der Waals surface area contributed by atoms with Crippen LogP contribution in [0.3, 0.4) is 0 Å². The number of hydrogen-bond donors (Lipinski definition) is 2. The highest BCUT2D eigenvalue weighted by Gasteiger charge is 2.10. The van der Waals surface area contributed by atoms with E-state index in [2.05, 4.69) is 37.4 Å². The minimum atomic E-state index is 0. The molecule has 1 aromatic rings. The Kier molecular flexibility index (Phi) is 10.1. The highest BCUT2D eigenvalue weighted by molar-refractivity contribution is 5.85. The first kappa shape index (κ1) is 18.9. The van der Waals surface area contributed by atoms with Crippen molar-refractivity contribution in [2.24, 2.45) is 5.73 Å². The molecule has 0 aromatic heterocycles. The lowest BCUT2D eigenvalue weighted by atomic mass is 10.1. The van der Waals surface area contributed by atoms with E-state index in [1.807, 2.05) is 6.07 Å². The molecule has 1 unspecified atom stereocenters. The van der Waals surface area contributed by atoms with Crippen LogP contribution >= 0.6 is 12.4 Å². The standard InChI is InChI=1S/C16H26N2O.ClH/c1-3-4-8-15(12-17)18-16(19)10-9-14-7-5-6-13(2)11-14;/h5-7,11,15H,3-4,8-10,12,17H2,1-2H3,(H,18,19);1H. The topological polar surface area (TPSA) is 55.1 Å². The minimum Gasteiger partial charge on any atom is -0.352 e. The predicted octanol–water partition coefficient (Wildman–Crippen LogP) is 2.98. The fourth-order valence-corrected chi connectivity index (χ4v) is 2.12. The van der Waals surface area contributed by atoms with Gasteiger partial charge in [-0.3, -0.25) is 4.79 Å². The number of carbonyl (C=O) groups excluding carboxylic acids is 1. The number of nitrogens with one attached hydrogen (secondary N) is 1. The summed E-state index contributed by atoms with van der Waals surface area (Å²) in [5, 5.41) is 3.02. The van der Waals surface area contributed by atoms with Gasteiger partial charge in [0.05, 0.1) is 0 Å². The van der Waals surface area contributed by atoms with Gasteiger partial charge in [-0.25, -0.2) is 0 Å². The summed E-state index contributed by atoms with van der Waals surface area (Å²) < 4.78 is 0. The molecule has 3 N–H and O–H groups in total. The van der Waals surface area contributed by atoms with Gasteiger partial charge in [0, 0.05) is 19.0 Å². The summed E-state index contributed by atoms with van der Waals surface area (Å²) in [6, 6.07) is 8.43. The van der Waals surface area contributed by atoms with Crippen LogP contribution in [0.1, 0.15) is 43.7 Å². The summed E-state index contributed by atoms with van der Waals surface area (Å²) >= 11 is 0. The summed E-state index contributed by atoms with van der Waals surface area (Å²) in [7, 11) is 0. The minimum absolute atomic E-state index is 0. The Morgan fingerprint density at radius 1 is 1.40 bits per heavy atom. The van der Waals surface area contributed by atoms with E-state index < -0.39 is 0 Å². The SMILES string of the molecule is CCCCC(CN)NC(=O)CCc1cccc(C)c1.Cl. The Bertz CT molecular complexity index is 396. The van der Waals surface area contributed by atoms with Crippen molar-refractivity contribution in [3.05, 3.63) is 35.4 Å². The van der Waals surface area contributed by atoms with E-state index in [9.17, 15) is 4.79 Å². The Hall–Kier alpha value is -1.06. The van der Waals surface area contributed by atoms with Crippen LogP contribution in [0.5, 0.6) is 0 Å². The number of carbonyl (C=O) groups is 1. The van der Waals surface area contributed by atoms with E-state index in [0.717, 1.165) is 25.7 Å². The van der Waals surface area contributed by atoms with Crippen molar-refractivity contribution in [3.63, 3.8) is 0 Å². The molecule has 0 aliphatic heterocycles. The maximum absolute atomic E-state index is 11.9. The summed E-state index contributed by atoms with van der Waals surface area (Å²) in [5.41, 5.74) is 8.13. The molecular formula is C16H27ClN2O. The van der Waals surface area contributed by atoms with Crippen LogP contribution < -0.4 is 11.1 Å². The Balaban J connectivity index is 0.00000361. The normalized spacial score (nSPS) is 11.6. The van der Waals surface area contributed by atoms with E-state index in [-0.39, 0.29) is 24.4 Å². The predicted molar refractivity (Wildman–Crippen MR) is 87.3 cm³/mol. The number of aryl methyl sites for hydroxylation is 2. The number of benzene rings is 1. The number of unbranched alkanes of at least 4 members (excludes halogenated alkanes) is 1. The van der Waals surface area contributed by atoms with Crippen LogP contribution in [-0.2, 0) is 11.2 Å². The van der Waals surface area contributed by atoms with Crippen molar-refractivity contribution in [2.75, 3.05) is 6.54 Å². The molecule has 0 fully saturated rings. The van der Waals surface area contributed by atoms with Crippen LogP contribution in [0.15, 0.2) is 24.3 Å². The molecule has 0 saturated heterocycles. The first-order valence-electron chi connectivity index (χ1n) is 7.20. The van der Waals surface area contributed by atoms with Crippen molar-refractivity contribution in [3.8, 4) is 0 Å². The quantitative estimate of drug-likeness (QED) is 0.775. The zero-order chi connectivity index (χ0) is 14.1. The maximum Gasteiger partial charge on any atom is 0.220 e. The molecule has 0 aliphatic rings. The van der Waals surface area contributed by atoms with Crippen LogP contribution in [0, 0.1) is 6.92 Å². The number of rotatable bonds is 8. The zero-order valence-electron chi connectivity index (χ0n) is 12.5. The van der Waals surface area contributed by atoms with Gasteiger partial charge in [0.25, 0.3) is 0 Å². The molecule has 0 saturated carbocycles. The third-order valence-corrected chi connectivity index (χ3v) is 3.28. The number of amides is 1. The molecule has 4 heteroatoms. The monoisotopic (exact) mass is 298 g/mol. The van der Waals surface area contributed by atoms with Crippen LogP contribution in [0.2, 0.25) is 0 Å².